The lowest BCUT2D eigenvalue weighted by Crippen LogP contribution is -2.38. The van der Waals surface area contributed by atoms with E-state index in [1.807, 2.05) is 4.72 Å². The van der Waals surface area contributed by atoms with Crippen LogP contribution in [0.5, 0.6) is 5.75 Å². The van der Waals surface area contributed by atoms with Gasteiger partial charge in [0.1, 0.15) is 5.75 Å². The largest absolute Gasteiger partial charge is 0.573 e. The third kappa shape index (κ3) is 7.30. The van der Waals surface area contributed by atoms with Crippen molar-refractivity contribution in [2.24, 2.45) is 0 Å². The van der Waals surface area contributed by atoms with Crippen molar-refractivity contribution in [2.75, 3.05) is 26.8 Å². The van der Waals surface area contributed by atoms with Gasteiger partial charge >= 0.3 is 6.36 Å². The van der Waals surface area contributed by atoms with Gasteiger partial charge in [0, 0.05) is 13.7 Å². The topological polar surface area (TPSA) is 93.7 Å². The van der Waals surface area contributed by atoms with E-state index in [-0.39, 0.29) is 18.0 Å². The fourth-order valence-electron chi connectivity index (χ4n) is 1.42. The maximum atomic E-state index is 12.0. The summed E-state index contributed by atoms with van der Waals surface area (Å²) in [6.45, 7) is -0.00739. The Balaban J connectivity index is 2.61. The highest BCUT2D eigenvalue weighted by molar-refractivity contribution is 7.89. The number of ether oxygens (including phenoxy) is 2. The van der Waals surface area contributed by atoms with Crippen molar-refractivity contribution in [2.45, 2.75) is 11.3 Å². The molecular weight excluding hydrogens is 341 g/mol. The maximum Gasteiger partial charge on any atom is 0.573 e. The fraction of sp³-hybridized carbons (Fsp3) is 0.417. The SMILES string of the molecule is COCCNC(=O)CNS(=O)(=O)c1ccc(OC(F)(F)F)cc1. The number of hydrogen-bond acceptors (Lipinski definition) is 5. The molecule has 7 nitrogen and oxygen atoms in total. The van der Waals surface area contributed by atoms with E-state index in [0.717, 1.165) is 24.3 Å². The van der Waals surface area contributed by atoms with Crippen molar-refractivity contribution in [1.82, 2.24) is 10.0 Å². The number of methoxy groups -OCH3 is 1. The van der Waals surface area contributed by atoms with Crippen molar-refractivity contribution in [3.63, 3.8) is 0 Å². The van der Waals surface area contributed by atoms with E-state index in [1.54, 1.807) is 0 Å². The van der Waals surface area contributed by atoms with Crippen LogP contribution in [0.1, 0.15) is 0 Å². The lowest BCUT2D eigenvalue weighted by atomic mass is 10.3. The molecule has 0 unspecified atom stereocenters. The average Bonchev–Trinajstić information content (AvgIpc) is 2.44. The molecule has 11 heteroatoms. The first-order chi connectivity index (χ1) is 10.6. The predicted octanol–water partition coefficient (Wildman–Crippen LogP) is 0.626. The van der Waals surface area contributed by atoms with Gasteiger partial charge in [0.2, 0.25) is 15.9 Å². The molecule has 0 saturated heterocycles. The number of carbonyl (C=O) groups excluding carboxylic acids is 1. The van der Waals surface area contributed by atoms with Crippen LogP contribution in [-0.2, 0) is 19.6 Å². The Morgan fingerprint density at radius 2 is 1.83 bits per heavy atom. The van der Waals surface area contributed by atoms with Crippen molar-refractivity contribution in [3.05, 3.63) is 24.3 Å². The first kappa shape index (κ1) is 19.2. The van der Waals surface area contributed by atoms with Gasteiger partial charge in [-0.05, 0) is 24.3 Å². The molecule has 23 heavy (non-hydrogen) atoms. The fourth-order valence-corrected chi connectivity index (χ4v) is 2.40. The molecule has 1 amide bonds. The van der Waals surface area contributed by atoms with Crippen LogP contribution in [0.15, 0.2) is 29.2 Å². The van der Waals surface area contributed by atoms with E-state index >= 15 is 0 Å². The summed E-state index contributed by atoms with van der Waals surface area (Å²) >= 11 is 0. The molecule has 0 aromatic heterocycles. The molecule has 0 atom stereocenters. The van der Waals surface area contributed by atoms with Crippen LogP contribution in [-0.4, -0.2) is 47.5 Å². The van der Waals surface area contributed by atoms with Gasteiger partial charge < -0.3 is 14.8 Å². The summed E-state index contributed by atoms with van der Waals surface area (Å²) in [6.07, 6.45) is -4.86. The molecule has 0 aliphatic heterocycles. The summed E-state index contributed by atoms with van der Waals surface area (Å²) in [7, 11) is -2.58. The maximum absolute atomic E-state index is 12.0. The molecule has 0 aliphatic carbocycles. The molecule has 0 bridgehead atoms. The number of halogens is 3. The molecule has 0 heterocycles. The zero-order valence-electron chi connectivity index (χ0n) is 12.0. The molecule has 1 rings (SSSR count). The zero-order chi connectivity index (χ0) is 17.5. The summed E-state index contributed by atoms with van der Waals surface area (Å²) in [5.74, 6) is -1.11. The zero-order valence-corrected chi connectivity index (χ0v) is 12.8. The molecule has 1 aromatic rings. The van der Waals surface area contributed by atoms with Crippen molar-refractivity contribution >= 4 is 15.9 Å². The van der Waals surface area contributed by atoms with Crippen molar-refractivity contribution in [1.29, 1.82) is 0 Å². The smallest absolute Gasteiger partial charge is 0.406 e. The standard InChI is InChI=1S/C12H15F3N2O5S/c1-21-7-6-16-11(18)8-17-23(19,20)10-4-2-9(3-5-10)22-12(13,14)15/h2-5,17H,6-8H2,1H3,(H,16,18). The first-order valence-electron chi connectivity index (χ1n) is 6.25. The first-order valence-corrected chi connectivity index (χ1v) is 7.73. The van der Waals surface area contributed by atoms with E-state index in [1.165, 1.54) is 7.11 Å². The van der Waals surface area contributed by atoms with E-state index in [4.69, 9.17) is 4.74 Å². The number of amides is 1. The van der Waals surface area contributed by atoms with E-state index < -0.39 is 34.6 Å². The number of rotatable bonds is 8. The molecule has 0 radical (unpaired) electrons. The number of nitrogens with one attached hydrogen (secondary N) is 2. The van der Waals surface area contributed by atoms with Crippen LogP contribution in [0.4, 0.5) is 13.2 Å². The van der Waals surface area contributed by atoms with Crippen LogP contribution in [0.25, 0.3) is 0 Å². The quantitative estimate of drug-likeness (QED) is 0.667. The molecule has 0 aliphatic rings. The van der Waals surface area contributed by atoms with Crippen LogP contribution < -0.4 is 14.8 Å². The summed E-state index contributed by atoms with van der Waals surface area (Å²) in [5.41, 5.74) is 0. The van der Waals surface area contributed by atoms with E-state index in [9.17, 15) is 26.4 Å². The van der Waals surface area contributed by atoms with Gasteiger partial charge in [-0.2, -0.15) is 0 Å². The highest BCUT2D eigenvalue weighted by Gasteiger charge is 2.31. The summed E-state index contributed by atoms with van der Waals surface area (Å²) in [6, 6.07) is 3.60. The second kappa shape index (κ2) is 8.13. The lowest BCUT2D eigenvalue weighted by molar-refractivity contribution is -0.274. The van der Waals surface area contributed by atoms with Crippen LogP contribution in [0.2, 0.25) is 0 Å². The average molecular weight is 356 g/mol. The van der Waals surface area contributed by atoms with Crippen LogP contribution in [0.3, 0.4) is 0 Å². The summed E-state index contributed by atoms with van der Waals surface area (Å²) in [5, 5.41) is 2.41. The van der Waals surface area contributed by atoms with Gasteiger partial charge in [-0.25, -0.2) is 13.1 Å². The van der Waals surface area contributed by atoms with Crippen LogP contribution in [0, 0.1) is 0 Å². The van der Waals surface area contributed by atoms with E-state index in [0.29, 0.717) is 0 Å². The van der Waals surface area contributed by atoms with E-state index in [2.05, 4.69) is 10.1 Å². The summed E-state index contributed by atoms with van der Waals surface area (Å²) < 4.78 is 70.2. The molecular formula is C12H15F3N2O5S. The second-order valence-corrected chi connectivity index (χ2v) is 5.95. The third-order valence-corrected chi connectivity index (χ3v) is 3.84. The molecule has 1 aromatic carbocycles. The Labute approximate surface area is 130 Å². The minimum Gasteiger partial charge on any atom is -0.406 e. The Morgan fingerprint density at radius 1 is 1.22 bits per heavy atom. The normalized spacial score (nSPS) is 12.0. The molecule has 2 N–H and O–H groups in total. The number of sulfonamides is 1. The monoisotopic (exact) mass is 356 g/mol. The number of benzene rings is 1. The lowest BCUT2D eigenvalue weighted by Gasteiger charge is -2.10. The highest BCUT2D eigenvalue weighted by Crippen LogP contribution is 2.23. The third-order valence-electron chi connectivity index (χ3n) is 2.42. The Morgan fingerprint density at radius 3 is 2.35 bits per heavy atom. The van der Waals surface area contributed by atoms with Gasteiger partial charge in [-0.15, -0.1) is 13.2 Å². The number of carbonyl (C=O) groups is 1. The predicted molar refractivity (Wildman–Crippen MR) is 73.2 cm³/mol. The Hall–Kier alpha value is -1.85. The van der Waals surface area contributed by atoms with Gasteiger partial charge in [0.15, 0.2) is 0 Å². The molecule has 130 valence electrons. The summed E-state index contributed by atoms with van der Waals surface area (Å²) in [4.78, 5) is 11.1. The number of hydrogen-bond donors (Lipinski definition) is 2. The van der Waals surface area contributed by atoms with Crippen LogP contribution >= 0.6 is 0 Å². The Kier molecular flexibility index (Phi) is 6.79. The van der Waals surface area contributed by atoms with Crippen molar-refractivity contribution in [3.8, 4) is 5.75 Å². The Bertz CT molecular complexity index is 617. The van der Waals surface area contributed by atoms with Gasteiger partial charge in [-0.1, -0.05) is 0 Å². The minimum absolute atomic E-state index is 0.223. The highest BCUT2D eigenvalue weighted by atomic mass is 32.2. The minimum atomic E-state index is -4.86. The molecule has 0 fully saturated rings. The van der Waals surface area contributed by atoms with Gasteiger partial charge in [-0.3, -0.25) is 4.79 Å². The molecule has 0 spiro atoms. The molecule has 0 saturated carbocycles. The van der Waals surface area contributed by atoms with Crippen molar-refractivity contribution < 1.29 is 35.9 Å². The van der Waals surface area contributed by atoms with Gasteiger partial charge in [0.25, 0.3) is 0 Å². The van der Waals surface area contributed by atoms with Gasteiger partial charge in [0.05, 0.1) is 18.0 Å². The second-order valence-electron chi connectivity index (χ2n) is 4.19. The number of alkyl halides is 3.